The molecule has 0 aliphatic heterocycles. The highest BCUT2D eigenvalue weighted by molar-refractivity contribution is 7.92. The van der Waals surface area contributed by atoms with Crippen LogP contribution < -0.4 is 9.62 Å². The summed E-state index contributed by atoms with van der Waals surface area (Å²) in [5.41, 5.74) is 1.88. The molecule has 7 nitrogen and oxygen atoms in total. The third kappa shape index (κ3) is 6.79. The third-order valence-electron chi connectivity index (χ3n) is 6.08. The van der Waals surface area contributed by atoms with Gasteiger partial charge in [-0.2, -0.15) is 0 Å². The predicted molar refractivity (Wildman–Crippen MR) is 130 cm³/mol. The lowest BCUT2D eigenvalue weighted by molar-refractivity contribution is -0.139. The molecule has 2 amide bonds. The number of anilines is 1. The fraction of sp³-hybridized carbons (Fsp3) is 0.440. The van der Waals surface area contributed by atoms with Crippen LogP contribution in [0.25, 0.3) is 0 Å². The zero-order chi connectivity index (χ0) is 24.9. The SMILES string of the molecule is Cc1cccc(CN(C(=O)CN(c2cccc(F)c2)S(C)(=O)=O)[C@H](C)C(=O)NC2CCCC2)c1. The summed E-state index contributed by atoms with van der Waals surface area (Å²) in [6.07, 6.45) is 4.90. The van der Waals surface area contributed by atoms with E-state index in [2.05, 4.69) is 5.32 Å². The Morgan fingerprint density at radius 1 is 1.12 bits per heavy atom. The number of rotatable bonds is 9. The van der Waals surface area contributed by atoms with Gasteiger partial charge in [0, 0.05) is 12.6 Å². The van der Waals surface area contributed by atoms with Gasteiger partial charge in [-0.1, -0.05) is 48.7 Å². The topological polar surface area (TPSA) is 86.8 Å². The van der Waals surface area contributed by atoms with E-state index >= 15 is 0 Å². The minimum absolute atomic E-state index is 0.0504. The van der Waals surface area contributed by atoms with Gasteiger partial charge in [0.1, 0.15) is 18.4 Å². The van der Waals surface area contributed by atoms with Crippen molar-refractivity contribution in [3.8, 4) is 0 Å². The first-order valence-corrected chi connectivity index (χ1v) is 13.3. The molecular formula is C25H32FN3O4S. The maximum atomic E-state index is 13.8. The molecular weight excluding hydrogens is 457 g/mol. The highest BCUT2D eigenvalue weighted by atomic mass is 32.2. The second kappa shape index (κ2) is 11.0. The van der Waals surface area contributed by atoms with Crippen molar-refractivity contribution in [1.82, 2.24) is 10.2 Å². The third-order valence-corrected chi connectivity index (χ3v) is 7.22. The molecule has 1 aliphatic rings. The van der Waals surface area contributed by atoms with Crippen molar-refractivity contribution in [2.24, 2.45) is 0 Å². The van der Waals surface area contributed by atoms with E-state index in [1.54, 1.807) is 6.92 Å². The van der Waals surface area contributed by atoms with Gasteiger partial charge in [-0.25, -0.2) is 12.8 Å². The number of hydrogen-bond acceptors (Lipinski definition) is 4. The van der Waals surface area contributed by atoms with Crippen LogP contribution in [-0.4, -0.2) is 50.0 Å². The van der Waals surface area contributed by atoms with E-state index in [1.165, 1.54) is 23.1 Å². The van der Waals surface area contributed by atoms with Crippen molar-refractivity contribution < 1.29 is 22.4 Å². The molecule has 0 radical (unpaired) electrons. The Bertz CT molecular complexity index is 1130. The molecule has 0 aromatic heterocycles. The van der Waals surface area contributed by atoms with Crippen LogP contribution in [0.15, 0.2) is 48.5 Å². The number of aryl methyl sites for hydroxylation is 1. The van der Waals surface area contributed by atoms with Crippen LogP contribution in [0.1, 0.15) is 43.7 Å². The summed E-state index contributed by atoms with van der Waals surface area (Å²) in [6.45, 7) is 3.17. The van der Waals surface area contributed by atoms with E-state index in [4.69, 9.17) is 0 Å². The number of halogens is 1. The molecule has 184 valence electrons. The van der Waals surface area contributed by atoms with Gasteiger partial charge in [-0.15, -0.1) is 0 Å². The van der Waals surface area contributed by atoms with Gasteiger partial charge in [0.15, 0.2) is 0 Å². The Morgan fingerprint density at radius 2 is 1.79 bits per heavy atom. The number of carbonyl (C=O) groups is 2. The molecule has 0 spiro atoms. The van der Waals surface area contributed by atoms with E-state index in [0.29, 0.717) is 0 Å². The summed E-state index contributed by atoms with van der Waals surface area (Å²) in [5.74, 6) is -1.44. The Labute approximate surface area is 201 Å². The summed E-state index contributed by atoms with van der Waals surface area (Å²) in [4.78, 5) is 27.9. The van der Waals surface area contributed by atoms with Crippen LogP contribution in [0, 0.1) is 12.7 Å². The Balaban J connectivity index is 1.88. The lowest BCUT2D eigenvalue weighted by Gasteiger charge is -2.32. The van der Waals surface area contributed by atoms with Crippen LogP contribution in [0.4, 0.5) is 10.1 Å². The number of amides is 2. The van der Waals surface area contributed by atoms with Crippen molar-refractivity contribution in [3.63, 3.8) is 0 Å². The van der Waals surface area contributed by atoms with Crippen LogP contribution >= 0.6 is 0 Å². The molecule has 2 aromatic carbocycles. The summed E-state index contributed by atoms with van der Waals surface area (Å²) >= 11 is 0. The molecule has 1 N–H and O–H groups in total. The highest BCUT2D eigenvalue weighted by Gasteiger charge is 2.31. The van der Waals surface area contributed by atoms with Crippen molar-refractivity contribution in [1.29, 1.82) is 0 Å². The van der Waals surface area contributed by atoms with Gasteiger partial charge in [0.05, 0.1) is 11.9 Å². The largest absolute Gasteiger partial charge is 0.352 e. The Kier molecular flexibility index (Phi) is 8.30. The highest BCUT2D eigenvalue weighted by Crippen LogP contribution is 2.21. The minimum Gasteiger partial charge on any atom is -0.352 e. The van der Waals surface area contributed by atoms with Gasteiger partial charge in [-0.05, 0) is 50.5 Å². The summed E-state index contributed by atoms with van der Waals surface area (Å²) in [5, 5.41) is 3.02. The first-order chi connectivity index (χ1) is 16.0. The van der Waals surface area contributed by atoms with Crippen LogP contribution in [-0.2, 0) is 26.2 Å². The lowest BCUT2D eigenvalue weighted by Crippen LogP contribution is -2.52. The monoisotopic (exact) mass is 489 g/mol. The lowest BCUT2D eigenvalue weighted by atomic mass is 10.1. The molecule has 1 saturated carbocycles. The number of carbonyl (C=O) groups excluding carboxylic acids is 2. The van der Waals surface area contributed by atoms with E-state index in [-0.39, 0.29) is 24.2 Å². The minimum atomic E-state index is -3.89. The first kappa shape index (κ1) is 25.7. The van der Waals surface area contributed by atoms with E-state index in [9.17, 15) is 22.4 Å². The first-order valence-electron chi connectivity index (χ1n) is 11.4. The second-order valence-corrected chi connectivity index (χ2v) is 10.8. The van der Waals surface area contributed by atoms with Crippen LogP contribution in [0.2, 0.25) is 0 Å². The molecule has 0 unspecified atom stereocenters. The van der Waals surface area contributed by atoms with Crippen molar-refractivity contribution in [3.05, 3.63) is 65.5 Å². The van der Waals surface area contributed by atoms with E-state index < -0.39 is 34.3 Å². The van der Waals surface area contributed by atoms with Gasteiger partial charge in [0.2, 0.25) is 21.8 Å². The zero-order valence-electron chi connectivity index (χ0n) is 19.8. The predicted octanol–water partition coefficient (Wildman–Crippen LogP) is 3.38. The molecule has 9 heteroatoms. The molecule has 0 bridgehead atoms. The molecule has 0 heterocycles. The van der Waals surface area contributed by atoms with Gasteiger partial charge < -0.3 is 10.2 Å². The smallest absolute Gasteiger partial charge is 0.244 e. The summed E-state index contributed by atoms with van der Waals surface area (Å²) in [6, 6.07) is 11.9. The van der Waals surface area contributed by atoms with E-state index in [1.807, 2.05) is 31.2 Å². The average molecular weight is 490 g/mol. The van der Waals surface area contributed by atoms with Crippen LogP contribution in [0.5, 0.6) is 0 Å². The van der Waals surface area contributed by atoms with Gasteiger partial charge >= 0.3 is 0 Å². The molecule has 2 aromatic rings. The molecule has 1 fully saturated rings. The van der Waals surface area contributed by atoms with Gasteiger partial charge in [0.25, 0.3) is 0 Å². The standard InChI is InChI=1S/C25H32FN3O4S/c1-18-8-6-9-20(14-18)16-28(19(2)25(31)27-22-11-4-5-12-22)24(30)17-29(34(3,32)33)23-13-7-10-21(26)15-23/h6-10,13-15,19,22H,4-5,11-12,16-17H2,1-3H3,(H,27,31)/t19-/m1/s1. The molecule has 34 heavy (non-hydrogen) atoms. The van der Waals surface area contributed by atoms with Crippen molar-refractivity contribution >= 4 is 27.5 Å². The summed E-state index contributed by atoms with van der Waals surface area (Å²) < 4.78 is 39.6. The number of nitrogens with one attached hydrogen (secondary N) is 1. The summed E-state index contributed by atoms with van der Waals surface area (Å²) in [7, 11) is -3.89. The fourth-order valence-corrected chi connectivity index (χ4v) is 5.07. The van der Waals surface area contributed by atoms with Crippen molar-refractivity contribution in [2.45, 2.75) is 58.2 Å². The second-order valence-electron chi connectivity index (χ2n) is 8.93. The quantitative estimate of drug-likeness (QED) is 0.585. The Hall–Kier alpha value is -2.94. The maximum Gasteiger partial charge on any atom is 0.244 e. The fourth-order valence-electron chi connectivity index (χ4n) is 4.23. The zero-order valence-corrected chi connectivity index (χ0v) is 20.6. The molecule has 3 rings (SSSR count). The van der Waals surface area contributed by atoms with E-state index in [0.717, 1.165) is 53.4 Å². The molecule has 1 aliphatic carbocycles. The molecule has 0 saturated heterocycles. The van der Waals surface area contributed by atoms with Crippen LogP contribution in [0.3, 0.4) is 0 Å². The number of hydrogen-bond donors (Lipinski definition) is 1. The Morgan fingerprint density at radius 3 is 2.41 bits per heavy atom. The maximum absolute atomic E-state index is 13.8. The van der Waals surface area contributed by atoms with Crippen molar-refractivity contribution in [2.75, 3.05) is 17.1 Å². The number of sulfonamides is 1. The average Bonchev–Trinajstić information content (AvgIpc) is 3.27. The van der Waals surface area contributed by atoms with Gasteiger partial charge in [-0.3, -0.25) is 13.9 Å². The molecule has 1 atom stereocenters. The normalized spacial score (nSPS) is 15.1. The number of nitrogens with zero attached hydrogens (tertiary/aromatic N) is 2. The number of benzene rings is 2.